The van der Waals surface area contributed by atoms with Gasteiger partial charge in [0.05, 0.1) is 6.54 Å². The van der Waals surface area contributed by atoms with Gasteiger partial charge in [-0.25, -0.2) is 4.68 Å². The first-order valence-electron chi connectivity index (χ1n) is 8.76. The van der Waals surface area contributed by atoms with Crippen LogP contribution in [0, 0.1) is 11.3 Å². The van der Waals surface area contributed by atoms with Gasteiger partial charge in [0, 0.05) is 5.02 Å². The lowest BCUT2D eigenvalue weighted by molar-refractivity contribution is 0.290. The molecule has 0 amide bonds. The molecule has 5 nitrogen and oxygen atoms in total. The summed E-state index contributed by atoms with van der Waals surface area (Å²) in [5.74, 6) is 0.521. The van der Waals surface area contributed by atoms with E-state index >= 15 is 0 Å². The van der Waals surface area contributed by atoms with Crippen LogP contribution >= 0.6 is 11.6 Å². The van der Waals surface area contributed by atoms with Crippen LogP contribution in [0.1, 0.15) is 16.7 Å². The fourth-order valence-electron chi connectivity index (χ4n) is 3.11. The van der Waals surface area contributed by atoms with Crippen molar-refractivity contribution in [2.24, 2.45) is 0 Å². The molecule has 138 valence electrons. The summed E-state index contributed by atoms with van der Waals surface area (Å²) in [6, 6.07) is 23.6. The van der Waals surface area contributed by atoms with E-state index in [1.54, 1.807) is 16.8 Å². The Morgan fingerprint density at radius 2 is 1.79 bits per heavy atom. The standard InChI is InChI=1S/C22H17ClN4O/c23-18-10-8-15(9-11-18)13-27-21(25)20(12-24)22(26-27)28-14-17-6-3-5-16-4-1-2-7-19(16)17/h1-11H,13-14,25H2. The van der Waals surface area contributed by atoms with E-state index in [0.717, 1.165) is 21.9 Å². The lowest BCUT2D eigenvalue weighted by Crippen LogP contribution is -2.06. The van der Waals surface area contributed by atoms with Gasteiger partial charge in [0.25, 0.3) is 5.88 Å². The fraction of sp³-hybridized carbons (Fsp3) is 0.0909. The highest BCUT2D eigenvalue weighted by Crippen LogP contribution is 2.26. The molecule has 6 heteroatoms. The average molecular weight is 389 g/mol. The first-order chi connectivity index (χ1) is 13.7. The van der Waals surface area contributed by atoms with E-state index in [1.807, 2.05) is 42.5 Å². The number of nitrogen functional groups attached to an aromatic ring is 1. The predicted octanol–water partition coefficient (Wildman–Crippen LogP) is 4.77. The first-order valence-corrected chi connectivity index (χ1v) is 9.14. The third-order valence-corrected chi connectivity index (χ3v) is 4.81. The normalized spacial score (nSPS) is 10.7. The highest BCUT2D eigenvalue weighted by atomic mass is 35.5. The zero-order chi connectivity index (χ0) is 19.5. The number of nitrogens with zero attached hydrogens (tertiary/aromatic N) is 3. The number of hydrogen-bond acceptors (Lipinski definition) is 4. The Morgan fingerprint density at radius 3 is 2.57 bits per heavy atom. The van der Waals surface area contributed by atoms with E-state index in [4.69, 9.17) is 22.1 Å². The van der Waals surface area contributed by atoms with E-state index in [2.05, 4.69) is 23.3 Å². The molecule has 0 atom stereocenters. The summed E-state index contributed by atoms with van der Waals surface area (Å²) in [5, 5.41) is 16.8. The van der Waals surface area contributed by atoms with Crippen molar-refractivity contribution in [2.45, 2.75) is 13.2 Å². The molecule has 28 heavy (non-hydrogen) atoms. The summed E-state index contributed by atoms with van der Waals surface area (Å²) < 4.78 is 7.45. The fourth-order valence-corrected chi connectivity index (χ4v) is 3.23. The molecule has 0 spiro atoms. The molecule has 4 rings (SSSR count). The molecule has 1 heterocycles. The topological polar surface area (TPSA) is 76.9 Å². The molecule has 3 aromatic carbocycles. The molecular formula is C22H17ClN4O. The summed E-state index contributed by atoms with van der Waals surface area (Å²) in [7, 11) is 0. The van der Waals surface area contributed by atoms with Gasteiger partial charge < -0.3 is 10.5 Å². The lowest BCUT2D eigenvalue weighted by Gasteiger charge is -2.07. The number of aromatic nitrogens is 2. The van der Waals surface area contributed by atoms with Crippen LogP contribution in [0.3, 0.4) is 0 Å². The molecule has 0 unspecified atom stereocenters. The third kappa shape index (κ3) is 3.51. The van der Waals surface area contributed by atoms with Gasteiger partial charge in [-0.15, -0.1) is 5.10 Å². The van der Waals surface area contributed by atoms with Crippen LogP contribution in [0.15, 0.2) is 66.7 Å². The van der Waals surface area contributed by atoms with Crippen LogP contribution in [0.2, 0.25) is 5.02 Å². The number of nitriles is 1. The molecule has 4 aromatic rings. The largest absolute Gasteiger partial charge is 0.471 e. The van der Waals surface area contributed by atoms with Gasteiger partial charge in [0.2, 0.25) is 0 Å². The molecule has 0 bridgehead atoms. The number of anilines is 1. The minimum atomic E-state index is 0.238. The second-order valence-corrected chi connectivity index (χ2v) is 6.82. The Bertz CT molecular complexity index is 1170. The van der Waals surface area contributed by atoms with Crippen molar-refractivity contribution in [3.05, 3.63) is 88.4 Å². The molecule has 0 aliphatic rings. The SMILES string of the molecule is N#Cc1c(OCc2cccc3ccccc23)nn(Cc2ccc(Cl)cc2)c1N. The smallest absolute Gasteiger partial charge is 0.253 e. The predicted molar refractivity (Wildman–Crippen MR) is 110 cm³/mol. The maximum Gasteiger partial charge on any atom is 0.253 e. The van der Waals surface area contributed by atoms with E-state index in [1.165, 1.54) is 0 Å². The van der Waals surface area contributed by atoms with Gasteiger partial charge in [-0.05, 0) is 34.0 Å². The number of halogens is 1. The number of rotatable bonds is 5. The Morgan fingerprint density at radius 1 is 1.04 bits per heavy atom. The Kier molecular flexibility index (Phi) is 4.88. The number of hydrogen-bond donors (Lipinski definition) is 1. The molecular weight excluding hydrogens is 372 g/mol. The molecule has 0 saturated carbocycles. The highest BCUT2D eigenvalue weighted by Gasteiger charge is 2.17. The van der Waals surface area contributed by atoms with E-state index in [-0.39, 0.29) is 17.3 Å². The quantitative estimate of drug-likeness (QED) is 0.534. The average Bonchev–Trinajstić information content (AvgIpc) is 3.02. The number of fused-ring (bicyclic) bond motifs is 1. The van der Waals surface area contributed by atoms with Gasteiger partial charge in [0.1, 0.15) is 18.5 Å². The summed E-state index contributed by atoms with van der Waals surface area (Å²) in [6.07, 6.45) is 0. The molecule has 0 saturated heterocycles. The van der Waals surface area contributed by atoms with Crippen LogP contribution < -0.4 is 10.5 Å². The monoisotopic (exact) mass is 388 g/mol. The summed E-state index contributed by atoms with van der Waals surface area (Å²) in [6.45, 7) is 0.725. The van der Waals surface area contributed by atoms with Gasteiger partial charge in [-0.3, -0.25) is 0 Å². The molecule has 0 aliphatic carbocycles. The van der Waals surface area contributed by atoms with Crippen molar-refractivity contribution in [2.75, 3.05) is 5.73 Å². The van der Waals surface area contributed by atoms with Gasteiger partial charge in [-0.2, -0.15) is 5.26 Å². The highest BCUT2D eigenvalue weighted by molar-refractivity contribution is 6.30. The molecule has 1 aromatic heterocycles. The van der Waals surface area contributed by atoms with Crippen molar-refractivity contribution >= 4 is 28.2 Å². The van der Waals surface area contributed by atoms with Crippen molar-refractivity contribution in [3.63, 3.8) is 0 Å². The Hall–Kier alpha value is -3.49. The maximum atomic E-state index is 9.50. The molecule has 2 N–H and O–H groups in total. The maximum absolute atomic E-state index is 9.50. The second-order valence-electron chi connectivity index (χ2n) is 6.39. The number of nitrogens with two attached hydrogens (primary N) is 1. The molecule has 0 fully saturated rings. The Balaban J connectivity index is 1.59. The van der Waals surface area contributed by atoms with Crippen LogP contribution in [0.4, 0.5) is 5.82 Å². The van der Waals surface area contributed by atoms with Crippen LogP contribution in [0.5, 0.6) is 5.88 Å². The van der Waals surface area contributed by atoms with Crippen molar-refractivity contribution in [1.29, 1.82) is 5.26 Å². The van der Waals surface area contributed by atoms with Crippen molar-refractivity contribution in [1.82, 2.24) is 9.78 Å². The van der Waals surface area contributed by atoms with Crippen molar-refractivity contribution < 1.29 is 4.74 Å². The minimum Gasteiger partial charge on any atom is -0.471 e. The van der Waals surface area contributed by atoms with Crippen LogP contribution in [0.25, 0.3) is 10.8 Å². The lowest BCUT2D eigenvalue weighted by atomic mass is 10.1. The molecule has 0 radical (unpaired) electrons. The number of benzene rings is 3. The summed E-state index contributed by atoms with van der Waals surface area (Å²) >= 11 is 5.93. The van der Waals surface area contributed by atoms with E-state index < -0.39 is 0 Å². The zero-order valence-electron chi connectivity index (χ0n) is 15.0. The zero-order valence-corrected chi connectivity index (χ0v) is 15.7. The van der Waals surface area contributed by atoms with Gasteiger partial charge >= 0.3 is 0 Å². The van der Waals surface area contributed by atoms with Crippen LogP contribution in [-0.4, -0.2) is 9.78 Å². The summed E-state index contributed by atoms with van der Waals surface area (Å²) in [4.78, 5) is 0. The second kappa shape index (κ2) is 7.63. The third-order valence-electron chi connectivity index (χ3n) is 4.56. The van der Waals surface area contributed by atoms with E-state index in [0.29, 0.717) is 18.2 Å². The number of ether oxygens (including phenoxy) is 1. The van der Waals surface area contributed by atoms with E-state index in [9.17, 15) is 5.26 Å². The van der Waals surface area contributed by atoms with Crippen LogP contribution in [-0.2, 0) is 13.2 Å². The van der Waals surface area contributed by atoms with Gasteiger partial charge in [-0.1, -0.05) is 66.2 Å². The summed E-state index contributed by atoms with van der Waals surface area (Å²) in [5.41, 5.74) is 8.37. The first kappa shape index (κ1) is 17.9. The van der Waals surface area contributed by atoms with Crippen molar-refractivity contribution in [3.8, 4) is 11.9 Å². The minimum absolute atomic E-state index is 0.238. The Labute approximate surface area is 167 Å². The van der Waals surface area contributed by atoms with Gasteiger partial charge in [0.15, 0.2) is 5.56 Å². The molecule has 0 aliphatic heterocycles.